The van der Waals surface area contributed by atoms with E-state index in [0.717, 1.165) is 36.0 Å². The van der Waals surface area contributed by atoms with Gasteiger partial charge in [-0.05, 0) is 37.5 Å². The van der Waals surface area contributed by atoms with Crippen LogP contribution < -0.4 is 9.47 Å². The Bertz CT molecular complexity index is 677. The number of methoxy groups -OCH3 is 2. The van der Waals surface area contributed by atoms with Crippen LogP contribution in [0.5, 0.6) is 11.5 Å². The second-order valence-electron chi connectivity index (χ2n) is 6.82. The van der Waals surface area contributed by atoms with Crippen molar-refractivity contribution in [1.82, 2.24) is 10.1 Å². The number of hydrogen-bond acceptors (Lipinski definition) is 5. The van der Waals surface area contributed by atoms with Gasteiger partial charge in [-0.3, -0.25) is 4.90 Å². The molecule has 0 bridgehead atoms. The van der Waals surface area contributed by atoms with Gasteiger partial charge in [0.1, 0.15) is 5.76 Å². The minimum Gasteiger partial charge on any atom is -0.493 e. The number of rotatable bonds is 7. The van der Waals surface area contributed by atoms with Crippen molar-refractivity contribution in [3.05, 3.63) is 41.3 Å². The highest BCUT2D eigenvalue weighted by molar-refractivity contribution is 5.42. The summed E-state index contributed by atoms with van der Waals surface area (Å²) in [6, 6.07) is 8.80. The first-order valence-corrected chi connectivity index (χ1v) is 9.06. The fourth-order valence-corrected chi connectivity index (χ4v) is 3.67. The number of nitrogens with zero attached hydrogens (tertiary/aromatic N) is 2. The third-order valence-corrected chi connectivity index (χ3v) is 4.97. The number of benzene rings is 1. The molecule has 1 fully saturated rings. The van der Waals surface area contributed by atoms with E-state index in [4.69, 9.17) is 14.0 Å². The van der Waals surface area contributed by atoms with Crippen LogP contribution in [-0.4, -0.2) is 30.3 Å². The van der Waals surface area contributed by atoms with Gasteiger partial charge in [-0.1, -0.05) is 30.5 Å². The topological polar surface area (TPSA) is 47.7 Å². The quantitative estimate of drug-likeness (QED) is 0.748. The molecule has 0 aliphatic heterocycles. The Kier molecular flexibility index (Phi) is 5.97. The SMILES string of the molecule is COc1ccc(CN(Cc2cc(C)on2)C2CCCCC2)cc1OC. The summed E-state index contributed by atoms with van der Waals surface area (Å²) in [6.45, 7) is 3.63. The second-order valence-corrected chi connectivity index (χ2v) is 6.82. The van der Waals surface area contributed by atoms with Crippen molar-refractivity contribution in [3.63, 3.8) is 0 Å². The summed E-state index contributed by atoms with van der Waals surface area (Å²) in [7, 11) is 3.34. The molecule has 0 amide bonds. The molecule has 0 radical (unpaired) electrons. The molecule has 3 rings (SSSR count). The van der Waals surface area contributed by atoms with E-state index in [1.165, 1.54) is 37.7 Å². The predicted octanol–water partition coefficient (Wildman–Crippen LogP) is 4.34. The van der Waals surface area contributed by atoms with Crippen LogP contribution in [0, 0.1) is 6.92 Å². The minimum absolute atomic E-state index is 0.596. The average molecular weight is 344 g/mol. The van der Waals surface area contributed by atoms with Crippen molar-refractivity contribution in [2.24, 2.45) is 0 Å². The molecule has 0 spiro atoms. The predicted molar refractivity (Wildman–Crippen MR) is 96.9 cm³/mol. The van der Waals surface area contributed by atoms with Crippen LogP contribution in [-0.2, 0) is 13.1 Å². The van der Waals surface area contributed by atoms with Gasteiger partial charge in [-0.15, -0.1) is 0 Å². The lowest BCUT2D eigenvalue weighted by atomic mass is 9.93. The smallest absolute Gasteiger partial charge is 0.161 e. The highest BCUT2D eigenvalue weighted by atomic mass is 16.5. The van der Waals surface area contributed by atoms with Gasteiger partial charge in [0.15, 0.2) is 11.5 Å². The zero-order valence-corrected chi connectivity index (χ0v) is 15.5. The molecule has 1 aliphatic carbocycles. The van der Waals surface area contributed by atoms with Crippen LogP contribution >= 0.6 is 0 Å². The lowest BCUT2D eigenvalue weighted by molar-refractivity contribution is 0.136. The van der Waals surface area contributed by atoms with Gasteiger partial charge in [0, 0.05) is 25.2 Å². The fraction of sp³-hybridized carbons (Fsp3) is 0.550. The van der Waals surface area contributed by atoms with E-state index in [0.29, 0.717) is 6.04 Å². The molecule has 136 valence electrons. The Morgan fingerprint density at radius 1 is 1.04 bits per heavy atom. The Morgan fingerprint density at radius 3 is 2.44 bits per heavy atom. The number of hydrogen-bond donors (Lipinski definition) is 0. The first-order valence-electron chi connectivity index (χ1n) is 9.06. The van der Waals surface area contributed by atoms with Crippen molar-refractivity contribution < 1.29 is 14.0 Å². The average Bonchev–Trinajstić information content (AvgIpc) is 3.06. The Hall–Kier alpha value is -2.01. The molecule has 1 heterocycles. The molecule has 25 heavy (non-hydrogen) atoms. The van der Waals surface area contributed by atoms with Gasteiger partial charge in [-0.2, -0.15) is 0 Å². The number of aryl methyl sites for hydroxylation is 1. The summed E-state index contributed by atoms with van der Waals surface area (Å²) in [5.74, 6) is 2.41. The van der Waals surface area contributed by atoms with Crippen molar-refractivity contribution in [3.8, 4) is 11.5 Å². The van der Waals surface area contributed by atoms with Gasteiger partial charge in [0.2, 0.25) is 0 Å². The maximum atomic E-state index is 5.45. The normalized spacial score (nSPS) is 15.5. The highest BCUT2D eigenvalue weighted by Gasteiger charge is 2.23. The van der Waals surface area contributed by atoms with Gasteiger partial charge in [0.25, 0.3) is 0 Å². The van der Waals surface area contributed by atoms with E-state index in [9.17, 15) is 0 Å². The van der Waals surface area contributed by atoms with E-state index in [-0.39, 0.29) is 0 Å². The van der Waals surface area contributed by atoms with E-state index >= 15 is 0 Å². The second kappa shape index (κ2) is 8.39. The first-order chi connectivity index (χ1) is 12.2. The molecule has 2 aromatic rings. The summed E-state index contributed by atoms with van der Waals surface area (Å²) in [4.78, 5) is 2.53. The van der Waals surface area contributed by atoms with Gasteiger partial charge in [-0.25, -0.2) is 0 Å². The molecule has 0 N–H and O–H groups in total. The van der Waals surface area contributed by atoms with Crippen molar-refractivity contribution >= 4 is 0 Å². The van der Waals surface area contributed by atoms with Gasteiger partial charge in [0.05, 0.1) is 19.9 Å². The van der Waals surface area contributed by atoms with E-state index in [1.807, 2.05) is 19.1 Å². The summed E-state index contributed by atoms with van der Waals surface area (Å²) in [5, 5.41) is 4.19. The maximum absolute atomic E-state index is 5.45. The van der Waals surface area contributed by atoms with Crippen LogP contribution in [0.3, 0.4) is 0 Å². The molecule has 0 unspecified atom stereocenters. The van der Waals surface area contributed by atoms with Crippen LogP contribution in [0.4, 0.5) is 0 Å². The maximum Gasteiger partial charge on any atom is 0.161 e. The third-order valence-electron chi connectivity index (χ3n) is 4.97. The van der Waals surface area contributed by atoms with Gasteiger partial charge < -0.3 is 14.0 Å². The fourth-order valence-electron chi connectivity index (χ4n) is 3.67. The lowest BCUT2D eigenvalue weighted by Crippen LogP contribution is -2.36. The van der Waals surface area contributed by atoms with Crippen LogP contribution in [0.25, 0.3) is 0 Å². The van der Waals surface area contributed by atoms with Crippen molar-refractivity contribution in [1.29, 1.82) is 0 Å². The monoisotopic (exact) mass is 344 g/mol. The van der Waals surface area contributed by atoms with Crippen LogP contribution in [0.2, 0.25) is 0 Å². The zero-order chi connectivity index (χ0) is 17.6. The molecule has 5 heteroatoms. The van der Waals surface area contributed by atoms with E-state index in [1.54, 1.807) is 14.2 Å². The first kappa shape index (κ1) is 17.8. The van der Waals surface area contributed by atoms with Crippen LogP contribution in [0.15, 0.2) is 28.8 Å². The Balaban J connectivity index is 1.78. The van der Waals surface area contributed by atoms with E-state index < -0.39 is 0 Å². The summed E-state index contributed by atoms with van der Waals surface area (Å²) >= 11 is 0. The summed E-state index contributed by atoms with van der Waals surface area (Å²) in [6.07, 6.45) is 6.48. The summed E-state index contributed by atoms with van der Waals surface area (Å²) in [5.41, 5.74) is 2.23. The molecule has 5 nitrogen and oxygen atoms in total. The Morgan fingerprint density at radius 2 is 1.80 bits per heavy atom. The molecule has 1 aliphatic rings. The molecule has 1 saturated carbocycles. The molecular weight excluding hydrogens is 316 g/mol. The molecule has 0 saturated heterocycles. The molecular formula is C20H28N2O3. The summed E-state index contributed by atoms with van der Waals surface area (Å²) < 4.78 is 16.1. The third kappa shape index (κ3) is 4.54. The lowest BCUT2D eigenvalue weighted by Gasteiger charge is -2.34. The van der Waals surface area contributed by atoms with Crippen molar-refractivity contribution in [2.45, 2.75) is 58.2 Å². The Labute approximate surface area is 149 Å². The molecule has 0 atom stereocenters. The minimum atomic E-state index is 0.596. The van der Waals surface area contributed by atoms with E-state index in [2.05, 4.69) is 22.2 Å². The number of ether oxygens (including phenoxy) is 2. The number of aromatic nitrogens is 1. The highest BCUT2D eigenvalue weighted by Crippen LogP contribution is 2.30. The van der Waals surface area contributed by atoms with Crippen molar-refractivity contribution in [2.75, 3.05) is 14.2 Å². The largest absolute Gasteiger partial charge is 0.493 e. The van der Waals surface area contributed by atoms with Crippen LogP contribution in [0.1, 0.15) is 49.1 Å². The zero-order valence-electron chi connectivity index (χ0n) is 15.5. The van der Waals surface area contributed by atoms with Gasteiger partial charge >= 0.3 is 0 Å². The standard InChI is InChI=1S/C20H28N2O3/c1-15-11-17(21-25-15)14-22(18-7-5-4-6-8-18)13-16-9-10-19(23-2)20(12-16)24-3/h9-12,18H,4-8,13-14H2,1-3H3. The molecule has 1 aromatic carbocycles. The molecule has 1 aromatic heterocycles.